The second kappa shape index (κ2) is 4.03. The maximum Gasteiger partial charge on any atom is 0.233 e. The van der Waals surface area contributed by atoms with E-state index in [1.165, 1.54) is 0 Å². The van der Waals surface area contributed by atoms with Crippen molar-refractivity contribution < 1.29 is 9.00 Å². The molecule has 0 aromatic carbocycles. The third-order valence-corrected chi connectivity index (χ3v) is 4.69. The Morgan fingerprint density at radius 1 is 1.50 bits per heavy atom. The van der Waals surface area contributed by atoms with E-state index in [0.717, 1.165) is 23.3 Å². The van der Waals surface area contributed by atoms with E-state index in [1.807, 2.05) is 6.92 Å². The molecular weight excluding hydrogens is 272 g/mol. The van der Waals surface area contributed by atoms with Crippen LogP contribution in [0, 0.1) is 0 Å². The van der Waals surface area contributed by atoms with Crippen LogP contribution in [-0.2, 0) is 19.6 Å². The zero-order valence-corrected chi connectivity index (χ0v) is 11.1. The first kappa shape index (κ1) is 11.6. The number of hydrogen-bond acceptors (Lipinski definition) is 3. The summed E-state index contributed by atoms with van der Waals surface area (Å²) in [5.74, 6) is -0.289. The molecular formula is C12H10ClN2O2S-. The first-order valence-corrected chi connectivity index (χ1v) is 7.00. The predicted molar refractivity (Wildman–Crippen MR) is 71.5 cm³/mol. The molecule has 0 aromatic heterocycles. The van der Waals surface area contributed by atoms with Crippen LogP contribution in [0.4, 0.5) is 0 Å². The largest absolute Gasteiger partial charge is 0.441 e. The molecule has 0 saturated heterocycles. The topological polar surface area (TPSA) is 49.4 Å². The quantitative estimate of drug-likeness (QED) is 0.587. The zero-order chi connectivity index (χ0) is 12.9. The molecule has 3 heterocycles. The number of halogens is 1. The Morgan fingerprint density at radius 2 is 2.28 bits per heavy atom. The van der Waals surface area contributed by atoms with Crippen LogP contribution in [0.25, 0.3) is 0 Å². The van der Waals surface area contributed by atoms with Gasteiger partial charge in [0.25, 0.3) is 0 Å². The molecule has 3 aliphatic rings. The fourth-order valence-corrected chi connectivity index (χ4v) is 3.68. The van der Waals surface area contributed by atoms with E-state index < -0.39 is 10.6 Å². The summed E-state index contributed by atoms with van der Waals surface area (Å²) in [6, 6.07) is 0. The first-order chi connectivity index (χ1) is 8.63. The van der Waals surface area contributed by atoms with Crippen LogP contribution in [0.5, 0.6) is 0 Å². The second-order valence-electron chi connectivity index (χ2n) is 4.00. The number of carbonyl (C=O) groups excluding carboxylic acids is 1. The molecule has 0 spiro atoms. The molecule has 0 aliphatic carbocycles. The fourth-order valence-electron chi connectivity index (χ4n) is 2.22. The van der Waals surface area contributed by atoms with Crippen molar-refractivity contribution in [1.29, 1.82) is 0 Å². The highest BCUT2D eigenvalue weighted by Gasteiger charge is 2.27. The Hall–Kier alpha value is -1.46. The van der Waals surface area contributed by atoms with Crippen molar-refractivity contribution in [1.82, 2.24) is 9.62 Å². The molecule has 0 saturated carbocycles. The van der Waals surface area contributed by atoms with Gasteiger partial charge in [0.05, 0.1) is 0 Å². The molecule has 3 aliphatic heterocycles. The lowest BCUT2D eigenvalue weighted by atomic mass is 9.99. The van der Waals surface area contributed by atoms with Gasteiger partial charge in [-0.2, -0.15) is 10.6 Å². The van der Waals surface area contributed by atoms with Gasteiger partial charge >= 0.3 is 0 Å². The Morgan fingerprint density at radius 3 is 3.00 bits per heavy atom. The number of hydrogen-bond donors (Lipinski definition) is 1. The van der Waals surface area contributed by atoms with Gasteiger partial charge in [0.1, 0.15) is 0 Å². The SMILES string of the molecule is CCC1=C2C=C(Cl)C=CN2[S-](=O)=C2C(=O)NC=C12. The lowest BCUT2D eigenvalue weighted by Gasteiger charge is -2.37. The van der Waals surface area contributed by atoms with Crippen LogP contribution >= 0.6 is 11.6 Å². The lowest BCUT2D eigenvalue weighted by Crippen LogP contribution is -2.32. The number of nitrogens with one attached hydrogen (secondary N) is 1. The summed E-state index contributed by atoms with van der Waals surface area (Å²) >= 11 is 5.98. The van der Waals surface area contributed by atoms with Gasteiger partial charge in [-0.3, -0.25) is 4.79 Å². The van der Waals surface area contributed by atoms with Gasteiger partial charge < -0.3 is 13.8 Å². The molecule has 0 aromatic rings. The molecule has 0 fully saturated rings. The molecule has 0 radical (unpaired) electrons. The summed E-state index contributed by atoms with van der Waals surface area (Å²) in [5, 5.41) is 3.20. The first-order valence-electron chi connectivity index (χ1n) is 5.52. The summed E-state index contributed by atoms with van der Waals surface area (Å²) in [7, 11) is -1.51. The summed E-state index contributed by atoms with van der Waals surface area (Å²) in [4.78, 5) is 12.0. The van der Waals surface area contributed by atoms with Crippen LogP contribution in [0.3, 0.4) is 0 Å². The smallest absolute Gasteiger partial charge is 0.233 e. The van der Waals surface area contributed by atoms with Crippen molar-refractivity contribution in [2.24, 2.45) is 0 Å². The molecule has 0 unspecified atom stereocenters. The maximum atomic E-state index is 12.4. The molecule has 0 atom stereocenters. The monoisotopic (exact) mass is 281 g/mol. The second-order valence-corrected chi connectivity index (χ2v) is 5.73. The number of amides is 1. The van der Waals surface area contributed by atoms with Gasteiger partial charge in [-0.1, -0.05) is 18.5 Å². The maximum absolute atomic E-state index is 12.4. The molecule has 1 amide bonds. The minimum atomic E-state index is -1.51. The highest BCUT2D eigenvalue weighted by atomic mass is 35.5. The number of allylic oxidation sites excluding steroid dienone is 4. The van der Waals surface area contributed by atoms with Crippen molar-refractivity contribution in [2.45, 2.75) is 13.3 Å². The third-order valence-electron chi connectivity index (χ3n) is 3.02. The standard InChI is InChI=1S/C12H10ClN2O2S/c1-2-8-9-6-14-12(16)11(9)18(17)15-4-3-7(13)5-10(8)15/h3-6H,2H2,1H3,(H,14,16)/q-1. The van der Waals surface area contributed by atoms with E-state index in [2.05, 4.69) is 5.32 Å². The van der Waals surface area contributed by atoms with Gasteiger partial charge in [-0.05, 0) is 40.8 Å². The number of rotatable bonds is 1. The average molecular weight is 282 g/mol. The number of carbonyl (C=O) groups is 1. The highest BCUT2D eigenvalue weighted by Crippen LogP contribution is 2.33. The van der Waals surface area contributed by atoms with Gasteiger partial charge in [0.15, 0.2) is 0 Å². The molecule has 3 rings (SSSR count). The Labute approximate surface area is 111 Å². The summed E-state index contributed by atoms with van der Waals surface area (Å²) in [6.45, 7) is 2.00. The predicted octanol–water partition coefficient (Wildman–Crippen LogP) is 1.68. The number of nitrogens with zero attached hydrogens (tertiary/aromatic N) is 1. The fraction of sp³-hybridized carbons (Fsp3) is 0.167. The van der Waals surface area contributed by atoms with Crippen LogP contribution in [0.15, 0.2) is 46.4 Å². The van der Waals surface area contributed by atoms with E-state index in [4.69, 9.17) is 11.6 Å². The van der Waals surface area contributed by atoms with Crippen LogP contribution in [0.2, 0.25) is 0 Å². The van der Waals surface area contributed by atoms with Crippen molar-refractivity contribution in [3.8, 4) is 0 Å². The van der Waals surface area contributed by atoms with E-state index in [1.54, 1.807) is 28.9 Å². The van der Waals surface area contributed by atoms with Crippen LogP contribution in [0.1, 0.15) is 13.3 Å². The Kier molecular flexibility index (Phi) is 2.60. The molecule has 6 heteroatoms. The van der Waals surface area contributed by atoms with Gasteiger partial charge in [-0.15, -0.1) is 0 Å². The van der Waals surface area contributed by atoms with Gasteiger partial charge in [0.2, 0.25) is 5.91 Å². The van der Waals surface area contributed by atoms with E-state index in [-0.39, 0.29) is 5.91 Å². The minimum absolute atomic E-state index is 0.289. The molecule has 1 N–H and O–H groups in total. The van der Waals surface area contributed by atoms with Crippen molar-refractivity contribution >= 4 is 32.9 Å². The van der Waals surface area contributed by atoms with E-state index in [0.29, 0.717) is 9.90 Å². The molecule has 94 valence electrons. The van der Waals surface area contributed by atoms with Gasteiger partial charge in [0, 0.05) is 16.9 Å². The van der Waals surface area contributed by atoms with Crippen molar-refractivity contribution in [2.75, 3.05) is 0 Å². The normalized spacial score (nSPS) is 22.7. The lowest BCUT2D eigenvalue weighted by molar-refractivity contribution is -0.113. The summed E-state index contributed by atoms with van der Waals surface area (Å²) in [5.41, 5.74) is 2.52. The average Bonchev–Trinajstić information content (AvgIpc) is 2.72. The Balaban J connectivity index is 2.28. The summed E-state index contributed by atoms with van der Waals surface area (Å²) < 4.78 is 13.9. The molecule has 0 bridgehead atoms. The third kappa shape index (κ3) is 1.47. The zero-order valence-electron chi connectivity index (χ0n) is 9.57. The van der Waals surface area contributed by atoms with Crippen LogP contribution < -0.4 is 5.32 Å². The summed E-state index contributed by atoms with van der Waals surface area (Å²) in [6.07, 6.45) is 7.45. The van der Waals surface area contributed by atoms with Crippen molar-refractivity contribution in [3.05, 3.63) is 46.4 Å². The molecule has 18 heavy (non-hydrogen) atoms. The van der Waals surface area contributed by atoms with E-state index in [9.17, 15) is 9.00 Å². The minimum Gasteiger partial charge on any atom is -0.441 e. The van der Waals surface area contributed by atoms with Crippen LogP contribution in [-0.4, -0.2) is 15.1 Å². The molecule has 4 nitrogen and oxygen atoms in total. The number of fused-ring (bicyclic) bond motifs is 2. The van der Waals surface area contributed by atoms with Crippen molar-refractivity contribution in [3.63, 3.8) is 0 Å². The van der Waals surface area contributed by atoms with E-state index >= 15 is 0 Å². The van der Waals surface area contributed by atoms with Gasteiger partial charge in [-0.25, -0.2) is 0 Å². The highest BCUT2D eigenvalue weighted by molar-refractivity contribution is 7.85. The Bertz CT molecular complexity index is 664.